The van der Waals surface area contributed by atoms with Crippen molar-refractivity contribution in [2.75, 3.05) is 79.5 Å². The van der Waals surface area contributed by atoms with Gasteiger partial charge in [0.1, 0.15) is 0 Å². The minimum Gasteiger partial charge on any atom is -0.480 e. The van der Waals surface area contributed by atoms with Crippen molar-refractivity contribution < 1.29 is 66.6 Å². The number of aliphatic carboxylic acids is 1. The number of rotatable bonds is 4. The number of ketones is 1. The van der Waals surface area contributed by atoms with Gasteiger partial charge in [-0.25, -0.2) is 0 Å². The fourth-order valence-electron chi connectivity index (χ4n) is 2.64. The summed E-state index contributed by atoms with van der Waals surface area (Å²) in [5, 5.41) is 9.14. The van der Waals surface area contributed by atoms with Crippen molar-refractivity contribution >= 4 is 24.1 Å². The SMILES string of the molecule is CN1CCN(C)CCN(CC(=O)C(C)(C)C)CCN(CC(=O)O)CC1.O=C=O.O=C=O.[90Y]. The molecule has 1 heterocycles. The third-order valence-corrected chi connectivity index (χ3v) is 4.75. The molecule has 32 heavy (non-hydrogen) atoms. The quantitative estimate of drug-likeness (QED) is 0.476. The van der Waals surface area contributed by atoms with Crippen LogP contribution in [0, 0.1) is 5.41 Å². The number of hydrogen-bond donors (Lipinski definition) is 1. The maximum absolute atomic E-state index is 12.4. The Morgan fingerprint density at radius 2 is 1.00 bits per heavy atom. The van der Waals surface area contributed by atoms with Crippen molar-refractivity contribution in [1.29, 1.82) is 0 Å². The van der Waals surface area contributed by atoms with E-state index in [0.717, 1.165) is 39.3 Å². The molecule has 1 aliphatic rings. The zero-order chi connectivity index (χ0) is 24.4. The molecule has 0 bridgehead atoms. The molecule has 11 nitrogen and oxygen atoms in total. The molecule has 1 radical (unpaired) electrons. The zero-order valence-corrected chi connectivity index (χ0v) is 22.7. The van der Waals surface area contributed by atoms with Gasteiger partial charge in [-0.1, -0.05) is 20.8 Å². The summed E-state index contributed by atoms with van der Waals surface area (Å²) in [4.78, 5) is 64.7. The fourth-order valence-corrected chi connectivity index (χ4v) is 2.64. The molecule has 0 saturated carbocycles. The Balaban J connectivity index is -0.00000108. The summed E-state index contributed by atoms with van der Waals surface area (Å²) in [5.41, 5.74) is -0.348. The van der Waals surface area contributed by atoms with Crippen molar-refractivity contribution in [2.45, 2.75) is 20.8 Å². The van der Waals surface area contributed by atoms with Gasteiger partial charge in [-0.3, -0.25) is 19.4 Å². The van der Waals surface area contributed by atoms with Crippen molar-refractivity contribution in [2.24, 2.45) is 5.41 Å². The summed E-state index contributed by atoms with van der Waals surface area (Å²) in [6.45, 7) is 12.9. The molecule has 1 fully saturated rings. The molecular weight excluding hydrogens is 498 g/mol. The molecule has 0 aromatic rings. The Morgan fingerprint density at radius 1 is 0.719 bits per heavy atom. The second-order valence-electron chi connectivity index (χ2n) is 8.39. The summed E-state index contributed by atoms with van der Waals surface area (Å²) >= 11 is 0. The zero-order valence-electron chi connectivity index (χ0n) is 19.8. The van der Waals surface area contributed by atoms with Crippen LogP contribution in [0.4, 0.5) is 0 Å². The molecule has 0 aromatic carbocycles. The summed E-state index contributed by atoms with van der Waals surface area (Å²) < 4.78 is 0. The summed E-state index contributed by atoms with van der Waals surface area (Å²) in [6, 6.07) is 0. The molecule has 0 atom stereocenters. The Hall–Kier alpha value is -1.16. The van der Waals surface area contributed by atoms with Gasteiger partial charge in [0.15, 0.2) is 5.78 Å². The second-order valence-corrected chi connectivity index (χ2v) is 8.39. The van der Waals surface area contributed by atoms with Crippen LogP contribution in [0.15, 0.2) is 0 Å². The molecule has 1 N–H and O–H groups in total. The smallest absolute Gasteiger partial charge is 0.373 e. The van der Waals surface area contributed by atoms with Gasteiger partial charge in [0.2, 0.25) is 0 Å². The predicted molar refractivity (Wildman–Crippen MR) is 110 cm³/mol. The van der Waals surface area contributed by atoms with Crippen molar-refractivity contribution in [3.8, 4) is 0 Å². The third-order valence-electron chi connectivity index (χ3n) is 4.75. The minimum absolute atomic E-state index is 0. The van der Waals surface area contributed by atoms with E-state index in [1.165, 1.54) is 0 Å². The van der Waals surface area contributed by atoms with Crippen LogP contribution in [-0.2, 0) is 61.5 Å². The van der Waals surface area contributed by atoms with Crippen LogP contribution in [0.1, 0.15) is 20.8 Å². The number of likely N-dealkylation sites (N-methyl/N-ethyl adjacent to an activating group) is 2. The van der Waals surface area contributed by atoms with E-state index in [0.29, 0.717) is 19.6 Å². The van der Waals surface area contributed by atoms with Crippen LogP contribution in [0.25, 0.3) is 0 Å². The maximum atomic E-state index is 12.4. The van der Waals surface area contributed by atoms with Crippen molar-refractivity contribution in [3.05, 3.63) is 0 Å². The van der Waals surface area contributed by atoms with Crippen molar-refractivity contribution in [1.82, 2.24) is 19.6 Å². The number of Topliss-reactive ketones (excluding diaryl/α,β-unsaturated/α-hetero) is 1. The van der Waals surface area contributed by atoms with E-state index in [-0.39, 0.29) is 62.8 Å². The number of hydrogen-bond acceptors (Lipinski definition) is 10. The van der Waals surface area contributed by atoms with E-state index in [2.05, 4.69) is 28.8 Å². The second kappa shape index (κ2) is 20.5. The van der Waals surface area contributed by atoms with Crippen LogP contribution < -0.4 is 0 Å². The van der Waals surface area contributed by atoms with E-state index in [1.807, 2.05) is 25.7 Å². The molecule has 0 unspecified atom stereocenters. The Morgan fingerprint density at radius 3 is 1.31 bits per heavy atom. The number of carbonyl (C=O) groups excluding carboxylic acids is 5. The standard InChI is InChI=1S/C18H36N4O3.2CO2.Y/c1-18(2,3)16(23)14-21-10-8-19(4)6-7-20(5)9-11-22(13-12-21)15-17(24)25;2*2-1-3;/h6-15H2,1-5H3,(H,24,25);;;/i;;;1+1. The van der Waals surface area contributed by atoms with Gasteiger partial charge in [-0.2, -0.15) is 19.2 Å². The van der Waals surface area contributed by atoms with Gasteiger partial charge >= 0.3 is 18.3 Å². The number of nitrogens with zero attached hydrogens (tertiary/aromatic N) is 4. The third kappa shape index (κ3) is 20.7. The molecule has 1 rings (SSSR count). The van der Waals surface area contributed by atoms with Crippen LogP contribution in [0.2, 0.25) is 0 Å². The van der Waals surface area contributed by atoms with E-state index >= 15 is 0 Å². The molecule has 12 heteroatoms. The maximum Gasteiger partial charge on any atom is 0.373 e. The van der Waals surface area contributed by atoms with Crippen LogP contribution in [0.5, 0.6) is 0 Å². The molecule has 1 saturated heterocycles. The Bertz CT molecular complexity index is 589. The van der Waals surface area contributed by atoms with Gasteiger partial charge in [-0.15, -0.1) is 0 Å². The van der Waals surface area contributed by atoms with Gasteiger partial charge < -0.3 is 14.9 Å². The first-order chi connectivity index (χ1) is 14.4. The minimum atomic E-state index is -0.799. The fraction of sp³-hybridized carbons (Fsp3) is 0.800. The van der Waals surface area contributed by atoms with Crippen LogP contribution >= 0.6 is 0 Å². The van der Waals surface area contributed by atoms with E-state index in [4.69, 9.17) is 24.3 Å². The topological polar surface area (TPSA) is 136 Å². The van der Waals surface area contributed by atoms with Crippen molar-refractivity contribution in [3.63, 3.8) is 0 Å². The molecule has 0 aliphatic carbocycles. The predicted octanol–water partition coefficient (Wildman–Crippen LogP) is -1.00. The molecular formula is C20H36N4O7Y. The van der Waals surface area contributed by atoms with Crippen LogP contribution in [-0.4, -0.2) is 128 Å². The van der Waals surface area contributed by atoms with Gasteiger partial charge in [-0.05, 0) is 14.1 Å². The first-order valence-corrected chi connectivity index (χ1v) is 9.96. The van der Waals surface area contributed by atoms with E-state index in [9.17, 15) is 9.59 Å². The normalized spacial score (nSPS) is 17.3. The monoisotopic (exact) mass is 534 g/mol. The molecule has 1 aliphatic heterocycles. The number of carboxylic acids is 1. The molecule has 0 amide bonds. The average molecular weight is 534 g/mol. The average Bonchev–Trinajstić information content (AvgIpc) is 2.65. The molecule has 0 aromatic heterocycles. The Kier molecular flexibility index (Phi) is 22.6. The largest absolute Gasteiger partial charge is 0.480 e. The molecule has 181 valence electrons. The summed E-state index contributed by atoms with van der Waals surface area (Å²) in [6.07, 6.45) is 0.500. The summed E-state index contributed by atoms with van der Waals surface area (Å²) in [5.74, 6) is -0.571. The van der Waals surface area contributed by atoms with Gasteiger partial charge in [0.25, 0.3) is 0 Å². The van der Waals surface area contributed by atoms with E-state index in [1.54, 1.807) is 0 Å². The first-order valence-electron chi connectivity index (χ1n) is 9.96. The van der Waals surface area contributed by atoms with Gasteiger partial charge in [0.05, 0.1) is 13.1 Å². The van der Waals surface area contributed by atoms with Crippen LogP contribution in [0.3, 0.4) is 0 Å². The summed E-state index contributed by atoms with van der Waals surface area (Å²) in [7, 11) is 4.19. The first kappa shape index (κ1) is 35.4. The van der Waals surface area contributed by atoms with Gasteiger partial charge in [0, 0.05) is 90.5 Å². The van der Waals surface area contributed by atoms with E-state index < -0.39 is 5.97 Å². The number of carbonyl (C=O) groups is 2. The molecule has 0 spiro atoms. The number of carboxylic acid groups (broad SMARTS) is 1. The Labute approximate surface area is 215 Å².